The van der Waals surface area contributed by atoms with Gasteiger partial charge in [-0.1, -0.05) is 37.2 Å². The van der Waals surface area contributed by atoms with Crippen molar-refractivity contribution in [3.63, 3.8) is 0 Å². The smallest absolute Gasteiger partial charge is 0.391 e. The van der Waals surface area contributed by atoms with Crippen LogP contribution in [-0.4, -0.2) is 72.9 Å². The molecular formula is C28H35N7O3S. The second-order valence-electron chi connectivity index (χ2n) is 10.0. The van der Waals surface area contributed by atoms with Crippen LogP contribution in [0, 0.1) is 0 Å². The number of carbonyl (C=O) groups is 2. The van der Waals surface area contributed by atoms with Gasteiger partial charge in [-0.2, -0.15) is 0 Å². The summed E-state index contributed by atoms with van der Waals surface area (Å²) in [4.78, 5) is 37.9. The minimum absolute atomic E-state index is 0.197. The van der Waals surface area contributed by atoms with E-state index < -0.39 is 6.09 Å². The molecule has 0 saturated carbocycles. The Morgan fingerprint density at radius 1 is 1.05 bits per heavy atom. The third-order valence-corrected chi connectivity index (χ3v) is 8.59. The van der Waals surface area contributed by atoms with E-state index in [0.29, 0.717) is 35.6 Å². The predicted molar refractivity (Wildman–Crippen MR) is 150 cm³/mol. The second-order valence-corrected chi connectivity index (χ2v) is 11.3. The summed E-state index contributed by atoms with van der Waals surface area (Å²) < 4.78 is 5.45. The number of benzene rings is 1. The number of anilines is 1. The topological polar surface area (TPSA) is 116 Å². The maximum atomic E-state index is 12.8. The monoisotopic (exact) mass is 549 g/mol. The van der Waals surface area contributed by atoms with Crippen LogP contribution < -0.4 is 10.1 Å². The van der Waals surface area contributed by atoms with Crippen LogP contribution in [0.1, 0.15) is 61.4 Å². The Kier molecular flexibility index (Phi) is 9.10. The van der Waals surface area contributed by atoms with Crippen LogP contribution in [0.3, 0.4) is 0 Å². The molecule has 0 radical (unpaired) electrons. The molecule has 2 aromatic heterocycles. The van der Waals surface area contributed by atoms with E-state index in [4.69, 9.17) is 4.74 Å². The Balaban J connectivity index is 1.07. The van der Waals surface area contributed by atoms with Crippen molar-refractivity contribution in [2.45, 2.75) is 68.4 Å². The molecule has 3 aromatic rings. The molecule has 1 unspecified atom stereocenters. The number of likely N-dealkylation sites (tertiary alicyclic amines) is 2. The fraction of sp³-hybridized carbons (Fsp3) is 0.464. The molecule has 206 valence electrons. The molecule has 1 atom stereocenters. The molecule has 0 bridgehead atoms. The van der Waals surface area contributed by atoms with Gasteiger partial charge in [0.1, 0.15) is 6.33 Å². The van der Waals surface area contributed by atoms with E-state index in [1.165, 1.54) is 37.4 Å². The van der Waals surface area contributed by atoms with Crippen molar-refractivity contribution in [2.75, 3.05) is 25.0 Å². The summed E-state index contributed by atoms with van der Waals surface area (Å²) in [6.07, 6.45) is 9.33. The number of H-pyrrole nitrogens is 1. The van der Waals surface area contributed by atoms with Gasteiger partial charge in [0.05, 0.1) is 11.9 Å². The summed E-state index contributed by atoms with van der Waals surface area (Å²) in [5, 5.41) is 10.7. The lowest BCUT2D eigenvalue weighted by molar-refractivity contribution is 0.102. The van der Waals surface area contributed by atoms with Crippen LogP contribution in [0.25, 0.3) is 0 Å². The summed E-state index contributed by atoms with van der Waals surface area (Å²) in [7, 11) is 0. The molecule has 5 rings (SSSR count). The fourth-order valence-corrected chi connectivity index (χ4v) is 6.12. The second kappa shape index (κ2) is 13.1. The number of ether oxygens (including phenoxy) is 1. The summed E-state index contributed by atoms with van der Waals surface area (Å²) in [5.74, 6) is -0.00838. The Labute approximate surface area is 232 Å². The number of aromatic amines is 1. The number of thioether (sulfide) groups is 1. The van der Waals surface area contributed by atoms with Crippen LogP contribution >= 0.6 is 11.8 Å². The quantitative estimate of drug-likeness (QED) is 0.405. The van der Waals surface area contributed by atoms with Crippen LogP contribution in [0.2, 0.25) is 0 Å². The van der Waals surface area contributed by atoms with Gasteiger partial charge in [-0.25, -0.2) is 14.8 Å². The standard InChI is InChI=1S/C28H35N7O3S/c1-2-23-5-3-4-14-35(23)18-20-6-8-21(9-7-20)26(36)32-22-10-11-25(29-17-22)38-28(37)34-15-12-24(13-16-34)39-27-30-19-31-33-27/h6-11,17,19,23-24H,2-5,12-16,18H2,1H3,(H,32,36)(H,30,31,33). The van der Waals surface area contributed by atoms with Gasteiger partial charge in [0, 0.05) is 42.6 Å². The Bertz CT molecular complexity index is 1210. The molecule has 2 saturated heterocycles. The van der Waals surface area contributed by atoms with Crippen LogP contribution in [0.5, 0.6) is 5.88 Å². The van der Waals surface area contributed by atoms with Crippen LogP contribution in [-0.2, 0) is 6.54 Å². The Morgan fingerprint density at radius 2 is 1.87 bits per heavy atom. The lowest BCUT2D eigenvalue weighted by Gasteiger charge is -2.35. The lowest BCUT2D eigenvalue weighted by Crippen LogP contribution is -2.41. The van der Waals surface area contributed by atoms with Crippen LogP contribution in [0.15, 0.2) is 54.1 Å². The number of hydrogen-bond acceptors (Lipinski definition) is 8. The lowest BCUT2D eigenvalue weighted by atomic mass is 9.99. The number of amides is 2. The van der Waals surface area contributed by atoms with Crippen molar-refractivity contribution < 1.29 is 14.3 Å². The van der Waals surface area contributed by atoms with Gasteiger partial charge < -0.3 is 15.0 Å². The molecule has 4 heterocycles. The highest BCUT2D eigenvalue weighted by molar-refractivity contribution is 7.99. The van der Waals surface area contributed by atoms with Gasteiger partial charge in [-0.15, -0.1) is 5.10 Å². The van der Waals surface area contributed by atoms with E-state index in [2.05, 4.69) is 37.3 Å². The molecule has 0 aliphatic carbocycles. The van der Waals surface area contributed by atoms with Gasteiger partial charge in [-0.05, 0) is 62.4 Å². The minimum Gasteiger partial charge on any atom is -0.391 e. The molecular weight excluding hydrogens is 514 g/mol. The van der Waals surface area contributed by atoms with E-state index in [1.54, 1.807) is 35.1 Å². The first-order valence-electron chi connectivity index (χ1n) is 13.7. The molecule has 2 N–H and O–H groups in total. The SMILES string of the molecule is CCC1CCCCN1Cc1ccc(C(=O)Nc2ccc(OC(=O)N3CCC(Sc4nc[nH]n4)CC3)nc2)cc1. The van der Waals surface area contributed by atoms with E-state index in [0.717, 1.165) is 31.1 Å². The maximum absolute atomic E-state index is 12.8. The van der Waals surface area contributed by atoms with E-state index in [-0.39, 0.29) is 11.8 Å². The zero-order valence-corrected chi connectivity index (χ0v) is 23.0. The first-order valence-corrected chi connectivity index (χ1v) is 14.5. The highest BCUT2D eigenvalue weighted by Crippen LogP contribution is 2.28. The van der Waals surface area contributed by atoms with Crippen molar-refractivity contribution in [1.29, 1.82) is 0 Å². The number of rotatable bonds is 8. The highest BCUT2D eigenvalue weighted by atomic mass is 32.2. The molecule has 0 spiro atoms. The van der Waals surface area contributed by atoms with Gasteiger partial charge in [0.25, 0.3) is 5.91 Å². The highest BCUT2D eigenvalue weighted by Gasteiger charge is 2.26. The van der Waals surface area contributed by atoms with E-state index in [9.17, 15) is 9.59 Å². The first kappa shape index (κ1) is 27.1. The Hall–Kier alpha value is -3.44. The zero-order valence-electron chi connectivity index (χ0n) is 22.2. The maximum Gasteiger partial charge on any atom is 0.416 e. The number of nitrogens with one attached hydrogen (secondary N) is 2. The summed E-state index contributed by atoms with van der Waals surface area (Å²) in [5.41, 5.74) is 2.34. The Morgan fingerprint density at radius 3 is 2.56 bits per heavy atom. The largest absolute Gasteiger partial charge is 0.416 e. The van der Waals surface area contributed by atoms with Gasteiger partial charge in [-0.3, -0.25) is 14.8 Å². The van der Waals surface area contributed by atoms with Crippen molar-refractivity contribution in [3.05, 3.63) is 60.0 Å². The van der Waals surface area contributed by atoms with E-state index in [1.807, 2.05) is 24.3 Å². The number of hydrogen-bond donors (Lipinski definition) is 2. The van der Waals surface area contributed by atoms with Crippen molar-refractivity contribution in [3.8, 4) is 5.88 Å². The number of piperidine rings is 2. The van der Waals surface area contributed by atoms with E-state index >= 15 is 0 Å². The summed E-state index contributed by atoms with van der Waals surface area (Å²) >= 11 is 1.62. The normalized spacial score (nSPS) is 18.6. The molecule has 2 aliphatic rings. The number of nitrogens with zero attached hydrogens (tertiary/aromatic N) is 5. The zero-order chi connectivity index (χ0) is 27.0. The first-order chi connectivity index (χ1) is 19.1. The average molecular weight is 550 g/mol. The number of carbonyl (C=O) groups excluding carboxylic acids is 2. The number of aromatic nitrogens is 4. The minimum atomic E-state index is -0.421. The van der Waals surface area contributed by atoms with Gasteiger partial charge >= 0.3 is 6.09 Å². The van der Waals surface area contributed by atoms with Crippen LogP contribution in [0.4, 0.5) is 10.5 Å². The molecule has 39 heavy (non-hydrogen) atoms. The number of pyridine rings is 1. The van der Waals surface area contributed by atoms with Gasteiger partial charge in [0.2, 0.25) is 11.0 Å². The molecule has 2 fully saturated rings. The van der Waals surface area contributed by atoms with Crippen molar-refractivity contribution >= 4 is 29.4 Å². The van der Waals surface area contributed by atoms with Gasteiger partial charge in [0.15, 0.2) is 0 Å². The van der Waals surface area contributed by atoms with Crippen molar-refractivity contribution in [2.24, 2.45) is 0 Å². The molecule has 2 amide bonds. The molecule has 2 aliphatic heterocycles. The summed E-state index contributed by atoms with van der Waals surface area (Å²) in [6.45, 7) is 5.52. The third-order valence-electron chi connectivity index (χ3n) is 7.37. The summed E-state index contributed by atoms with van der Waals surface area (Å²) in [6, 6.07) is 11.7. The molecule has 11 heteroatoms. The molecule has 10 nitrogen and oxygen atoms in total. The third kappa shape index (κ3) is 7.36. The molecule has 1 aromatic carbocycles. The average Bonchev–Trinajstić information content (AvgIpc) is 3.48. The fourth-order valence-electron chi connectivity index (χ4n) is 5.16. The predicted octanol–water partition coefficient (Wildman–Crippen LogP) is 4.97. The van der Waals surface area contributed by atoms with Crippen molar-refractivity contribution in [1.82, 2.24) is 30.0 Å².